The van der Waals surface area contributed by atoms with Crippen LogP contribution in [-0.2, 0) is 0 Å². The van der Waals surface area contributed by atoms with Gasteiger partial charge in [-0.05, 0) is 18.4 Å². The summed E-state index contributed by atoms with van der Waals surface area (Å²) in [6, 6.07) is 4.25. The molecule has 0 unspecified atom stereocenters. The third-order valence-corrected chi connectivity index (χ3v) is 6.18. The van der Waals surface area contributed by atoms with Crippen molar-refractivity contribution in [1.29, 1.82) is 0 Å². The average molecular weight is 361 g/mol. The molecule has 3 aromatic heterocycles. The van der Waals surface area contributed by atoms with Crippen molar-refractivity contribution in [3.05, 3.63) is 28.7 Å². The minimum Gasteiger partial charge on any atom is -0.395 e. The van der Waals surface area contributed by atoms with E-state index in [9.17, 15) is 0 Å². The Labute approximate surface area is 149 Å². The highest BCUT2D eigenvalue weighted by molar-refractivity contribution is 7.18. The quantitative estimate of drug-likeness (QED) is 0.775. The molecule has 0 bridgehead atoms. The molecular weight excluding hydrogens is 340 g/mol. The normalized spacial score (nSPS) is 16.2. The van der Waals surface area contributed by atoms with Crippen molar-refractivity contribution in [3.63, 3.8) is 0 Å². The predicted molar refractivity (Wildman–Crippen MR) is 101 cm³/mol. The van der Waals surface area contributed by atoms with Crippen LogP contribution >= 0.6 is 22.7 Å². The van der Waals surface area contributed by atoms with E-state index < -0.39 is 0 Å². The lowest BCUT2D eigenvalue weighted by molar-refractivity contribution is 0.188. The largest absolute Gasteiger partial charge is 0.395 e. The second kappa shape index (κ2) is 6.76. The van der Waals surface area contributed by atoms with Crippen LogP contribution in [0.5, 0.6) is 0 Å². The summed E-state index contributed by atoms with van der Waals surface area (Å²) in [5.74, 6) is 1.89. The van der Waals surface area contributed by atoms with Gasteiger partial charge in [0.05, 0.1) is 12.0 Å². The van der Waals surface area contributed by atoms with E-state index in [2.05, 4.69) is 37.7 Å². The number of hydrogen-bond acceptors (Lipinski definition) is 7. The first-order valence-corrected chi connectivity index (χ1v) is 9.90. The molecule has 1 N–H and O–H groups in total. The lowest BCUT2D eigenvalue weighted by atomic mass is 10.1. The van der Waals surface area contributed by atoms with Gasteiger partial charge in [-0.15, -0.1) is 22.7 Å². The minimum atomic E-state index is 0.226. The van der Waals surface area contributed by atoms with Gasteiger partial charge in [0.2, 0.25) is 0 Å². The van der Waals surface area contributed by atoms with Crippen LogP contribution in [0, 0.1) is 6.92 Å². The number of aryl methyl sites for hydroxylation is 1. The average Bonchev–Trinajstić information content (AvgIpc) is 3.24. The Hall–Kier alpha value is -1.54. The third kappa shape index (κ3) is 2.93. The maximum absolute atomic E-state index is 9.12. The lowest BCUT2D eigenvalue weighted by Crippen LogP contribution is -2.47. The second-order valence-corrected chi connectivity index (χ2v) is 7.76. The molecule has 7 heteroatoms. The molecule has 1 fully saturated rings. The number of nitrogens with zero attached hydrogens (tertiary/aromatic N) is 4. The lowest BCUT2D eigenvalue weighted by Gasteiger charge is -2.35. The smallest absolute Gasteiger partial charge is 0.141 e. The van der Waals surface area contributed by atoms with E-state index in [0.717, 1.165) is 49.2 Å². The van der Waals surface area contributed by atoms with Crippen LogP contribution in [0.4, 0.5) is 5.82 Å². The van der Waals surface area contributed by atoms with Crippen molar-refractivity contribution < 1.29 is 5.11 Å². The highest BCUT2D eigenvalue weighted by Gasteiger charge is 2.23. The van der Waals surface area contributed by atoms with Crippen molar-refractivity contribution in [3.8, 4) is 10.4 Å². The summed E-state index contributed by atoms with van der Waals surface area (Å²) in [6.45, 7) is 6.74. The van der Waals surface area contributed by atoms with E-state index in [0.29, 0.717) is 0 Å². The minimum absolute atomic E-state index is 0.226. The number of aromatic nitrogens is 2. The predicted octanol–water partition coefficient (Wildman–Crippen LogP) is 2.84. The molecule has 0 amide bonds. The molecule has 5 nitrogen and oxygen atoms in total. The number of rotatable bonds is 4. The van der Waals surface area contributed by atoms with E-state index in [1.54, 1.807) is 22.7 Å². The Bertz CT molecular complexity index is 823. The molecule has 1 aliphatic heterocycles. The summed E-state index contributed by atoms with van der Waals surface area (Å²) in [4.78, 5) is 16.5. The fourth-order valence-corrected chi connectivity index (χ4v) is 5.00. The Kier molecular flexibility index (Phi) is 4.49. The summed E-state index contributed by atoms with van der Waals surface area (Å²) in [7, 11) is 0. The van der Waals surface area contributed by atoms with E-state index in [1.165, 1.54) is 15.8 Å². The van der Waals surface area contributed by atoms with Crippen molar-refractivity contribution in [2.45, 2.75) is 6.92 Å². The number of β-amino-alcohol motifs (C(OH)–C–C–N with tert-alkyl or cyclic N) is 1. The van der Waals surface area contributed by atoms with Crippen LogP contribution in [0.3, 0.4) is 0 Å². The standard InChI is InChI=1S/C17H20N4OS2/c1-12-18-16(21-6-4-20(5-7-21)8-9-22)15-13(11-24-17(15)19-12)14-3-2-10-23-14/h2-3,10-11,22H,4-9H2,1H3. The molecule has 0 saturated carbocycles. The number of aliphatic hydroxyl groups excluding tert-OH is 1. The maximum Gasteiger partial charge on any atom is 0.141 e. The highest BCUT2D eigenvalue weighted by atomic mass is 32.1. The van der Waals surface area contributed by atoms with Crippen LogP contribution in [0.2, 0.25) is 0 Å². The Morgan fingerprint density at radius 2 is 2.00 bits per heavy atom. The molecule has 0 atom stereocenters. The van der Waals surface area contributed by atoms with Gasteiger partial charge in [-0.1, -0.05) is 6.07 Å². The zero-order valence-electron chi connectivity index (χ0n) is 13.6. The Morgan fingerprint density at radius 1 is 1.17 bits per heavy atom. The highest BCUT2D eigenvalue weighted by Crippen LogP contribution is 2.40. The van der Waals surface area contributed by atoms with Crippen LogP contribution in [0.15, 0.2) is 22.9 Å². The Morgan fingerprint density at radius 3 is 2.71 bits per heavy atom. The van der Waals surface area contributed by atoms with Gasteiger partial charge in [0.15, 0.2) is 0 Å². The van der Waals surface area contributed by atoms with Crippen molar-refractivity contribution >= 4 is 38.7 Å². The van der Waals surface area contributed by atoms with Gasteiger partial charge >= 0.3 is 0 Å². The van der Waals surface area contributed by atoms with E-state index >= 15 is 0 Å². The molecule has 0 aromatic carbocycles. The van der Waals surface area contributed by atoms with Gasteiger partial charge in [-0.3, -0.25) is 4.90 Å². The molecule has 3 aromatic rings. The van der Waals surface area contributed by atoms with E-state index in [-0.39, 0.29) is 6.61 Å². The number of anilines is 1. The number of hydrogen-bond donors (Lipinski definition) is 1. The van der Waals surface area contributed by atoms with Gasteiger partial charge in [0, 0.05) is 48.5 Å². The van der Waals surface area contributed by atoms with Gasteiger partial charge in [0.25, 0.3) is 0 Å². The summed E-state index contributed by atoms with van der Waals surface area (Å²) in [5.41, 5.74) is 1.25. The number of fused-ring (bicyclic) bond motifs is 1. The first-order chi connectivity index (χ1) is 11.8. The summed E-state index contributed by atoms with van der Waals surface area (Å²) >= 11 is 3.46. The molecule has 1 saturated heterocycles. The fourth-order valence-electron chi connectivity index (χ4n) is 3.19. The van der Waals surface area contributed by atoms with Crippen LogP contribution in [0.25, 0.3) is 20.7 Å². The van der Waals surface area contributed by atoms with Crippen molar-refractivity contribution in [2.24, 2.45) is 0 Å². The monoisotopic (exact) mass is 360 g/mol. The molecule has 4 heterocycles. The summed E-state index contributed by atoms with van der Waals surface area (Å²) in [5, 5.41) is 14.6. The summed E-state index contributed by atoms with van der Waals surface area (Å²) < 4.78 is 0. The van der Waals surface area contributed by atoms with Crippen molar-refractivity contribution in [1.82, 2.24) is 14.9 Å². The molecule has 0 spiro atoms. The van der Waals surface area contributed by atoms with Gasteiger partial charge in [-0.25, -0.2) is 9.97 Å². The molecule has 1 aliphatic rings. The van der Waals surface area contributed by atoms with Gasteiger partial charge < -0.3 is 10.0 Å². The van der Waals surface area contributed by atoms with Gasteiger partial charge in [0.1, 0.15) is 16.5 Å². The second-order valence-electron chi connectivity index (χ2n) is 5.95. The van der Waals surface area contributed by atoms with E-state index in [4.69, 9.17) is 10.1 Å². The zero-order valence-corrected chi connectivity index (χ0v) is 15.2. The Balaban J connectivity index is 1.73. The molecule has 126 valence electrons. The number of piperazine rings is 1. The van der Waals surface area contributed by atoms with Gasteiger partial charge in [-0.2, -0.15) is 0 Å². The number of aliphatic hydroxyl groups is 1. The van der Waals surface area contributed by atoms with Crippen LogP contribution < -0.4 is 4.90 Å². The SMILES string of the molecule is Cc1nc(N2CCN(CCO)CC2)c2c(-c3cccs3)csc2n1. The van der Waals surface area contributed by atoms with Crippen LogP contribution in [-0.4, -0.2) is 59.3 Å². The van der Waals surface area contributed by atoms with Crippen molar-refractivity contribution in [2.75, 3.05) is 44.2 Å². The zero-order chi connectivity index (χ0) is 16.5. The molecule has 0 radical (unpaired) electrons. The first-order valence-electron chi connectivity index (χ1n) is 8.14. The molecule has 24 heavy (non-hydrogen) atoms. The molecular formula is C17H20N4OS2. The molecule has 4 rings (SSSR count). The third-order valence-electron chi connectivity index (χ3n) is 4.40. The maximum atomic E-state index is 9.12. The first kappa shape index (κ1) is 16.0. The molecule has 0 aliphatic carbocycles. The summed E-state index contributed by atoms with van der Waals surface area (Å²) in [6.07, 6.45) is 0. The number of thiophene rings is 2. The van der Waals surface area contributed by atoms with Crippen LogP contribution in [0.1, 0.15) is 5.82 Å². The van der Waals surface area contributed by atoms with E-state index in [1.807, 2.05) is 6.92 Å². The topological polar surface area (TPSA) is 52.5 Å². The fraction of sp³-hybridized carbons (Fsp3) is 0.412.